The Kier molecular flexibility index (Phi) is 4.37. The number of H-pyrrole nitrogens is 1. The van der Waals surface area contributed by atoms with Crippen molar-refractivity contribution in [2.45, 2.75) is 10.4 Å². The number of para-hydroxylation sites is 1. The molecule has 2 rings (SSSR count). The summed E-state index contributed by atoms with van der Waals surface area (Å²) in [6, 6.07) is 7.99. The van der Waals surface area contributed by atoms with Crippen molar-refractivity contribution in [3.63, 3.8) is 0 Å². The zero-order valence-corrected chi connectivity index (χ0v) is 11.2. The fraction of sp³-hybridized carbons (Fsp3) is 0.0769. The van der Waals surface area contributed by atoms with Crippen LogP contribution in [0, 0.1) is 0 Å². The van der Waals surface area contributed by atoms with Gasteiger partial charge in [0.2, 0.25) is 5.56 Å². The first-order valence-electron chi connectivity index (χ1n) is 5.70. The van der Waals surface area contributed by atoms with E-state index < -0.39 is 17.0 Å². The molecule has 0 aliphatic heterocycles. The van der Waals surface area contributed by atoms with Crippen LogP contribution in [0.4, 0.5) is 18.9 Å². The van der Waals surface area contributed by atoms with Gasteiger partial charge in [-0.15, -0.1) is 0 Å². The van der Waals surface area contributed by atoms with Gasteiger partial charge in [-0.25, -0.2) is 0 Å². The minimum atomic E-state index is -4.45. The van der Waals surface area contributed by atoms with Gasteiger partial charge < -0.3 is 10.3 Å². The molecule has 0 fully saturated rings. The molecular formula is C13H9F3N2O2S. The molecular weight excluding hydrogens is 305 g/mol. The molecule has 0 atom stereocenters. The van der Waals surface area contributed by atoms with Gasteiger partial charge in [0.15, 0.2) is 0 Å². The van der Waals surface area contributed by atoms with E-state index in [1.54, 1.807) is 0 Å². The smallest absolute Gasteiger partial charge is 0.329 e. The Labute approximate surface area is 121 Å². The van der Waals surface area contributed by atoms with Gasteiger partial charge in [0, 0.05) is 22.7 Å². The molecule has 0 saturated carbocycles. The fourth-order valence-electron chi connectivity index (χ4n) is 1.56. The molecule has 8 heteroatoms. The van der Waals surface area contributed by atoms with Crippen molar-refractivity contribution in [2.75, 3.05) is 5.32 Å². The number of carbonyl (C=O) groups is 1. The third kappa shape index (κ3) is 4.38. The number of rotatable bonds is 3. The highest BCUT2D eigenvalue weighted by Crippen LogP contribution is 2.40. The zero-order chi connectivity index (χ0) is 15.5. The molecule has 1 aromatic heterocycles. The van der Waals surface area contributed by atoms with Crippen molar-refractivity contribution < 1.29 is 18.0 Å². The molecule has 110 valence electrons. The van der Waals surface area contributed by atoms with E-state index in [9.17, 15) is 22.8 Å². The highest BCUT2D eigenvalue weighted by atomic mass is 32.2. The summed E-state index contributed by atoms with van der Waals surface area (Å²) in [7, 11) is 0. The summed E-state index contributed by atoms with van der Waals surface area (Å²) in [5.41, 5.74) is -4.83. The van der Waals surface area contributed by atoms with Crippen LogP contribution in [-0.2, 0) is 0 Å². The summed E-state index contributed by atoms with van der Waals surface area (Å²) in [4.78, 5) is 25.3. The van der Waals surface area contributed by atoms with E-state index in [1.165, 1.54) is 36.5 Å². The Hall–Kier alpha value is -2.22. The van der Waals surface area contributed by atoms with Gasteiger partial charge in [-0.3, -0.25) is 9.59 Å². The molecule has 1 aromatic carbocycles. The number of halogens is 3. The monoisotopic (exact) mass is 314 g/mol. The van der Waals surface area contributed by atoms with Crippen LogP contribution in [0.1, 0.15) is 10.4 Å². The standard InChI is InChI=1S/C13H9F3N2O2S/c14-13(15,16)21-10-4-2-1-3-9(10)18-12(20)8-5-6-17-11(19)7-8/h1-7H,(H,17,19)(H,18,20). The van der Waals surface area contributed by atoms with Crippen molar-refractivity contribution in [2.24, 2.45) is 0 Å². The average molecular weight is 314 g/mol. The van der Waals surface area contributed by atoms with Crippen molar-refractivity contribution in [1.82, 2.24) is 4.98 Å². The Morgan fingerprint density at radius 3 is 2.57 bits per heavy atom. The minimum Gasteiger partial charge on any atom is -0.329 e. The van der Waals surface area contributed by atoms with E-state index in [-0.39, 0.29) is 27.9 Å². The molecule has 0 bridgehead atoms. The predicted octanol–water partition coefficient (Wildman–Crippen LogP) is 3.24. The molecule has 2 N–H and O–H groups in total. The van der Waals surface area contributed by atoms with E-state index in [4.69, 9.17) is 0 Å². The lowest BCUT2D eigenvalue weighted by Crippen LogP contribution is -2.16. The number of benzene rings is 1. The summed E-state index contributed by atoms with van der Waals surface area (Å²) in [5, 5.41) is 2.36. The Morgan fingerprint density at radius 1 is 1.19 bits per heavy atom. The highest BCUT2D eigenvalue weighted by Gasteiger charge is 2.30. The number of amides is 1. The number of pyridine rings is 1. The first kappa shape index (κ1) is 15.2. The third-order valence-electron chi connectivity index (χ3n) is 2.40. The molecule has 1 amide bonds. The Bertz CT molecular complexity index is 713. The Morgan fingerprint density at radius 2 is 1.90 bits per heavy atom. The second kappa shape index (κ2) is 6.04. The van der Waals surface area contributed by atoms with Gasteiger partial charge >= 0.3 is 5.51 Å². The highest BCUT2D eigenvalue weighted by molar-refractivity contribution is 8.00. The number of hydrogen-bond acceptors (Lipinski definition) is 3. The minimum absolute atomic E-state index is 0.0325. The molecule has 0 saturated heterocycles. The van der Waals surface area contributed by atoms with Crippen LogP contribution in [0.3, 0.4) is 0 Å². The zero-order valence-electron chi connectivity index (χ0n) is 10.4. The number of aromatic amines is 1. The van der Waals surface area contributed by atoms with Crippen LogP contribution in [0.2, 0.25) is 0 Å². The van der Waals surface area contributed by atoms with E-state index >= 15 is 0 Å². The van der Waals surface area contributed by atoms with Gasteiger partial charge in [-0.1, -0.05) is 12.1 Å². The summed E-state index contributed by atoms with van der Waals surface area (Å²) < 4.78 is 37.3. The molecule has 0 aliphatic carbocycles. The lowest BCUT2D eigenvalue weighted by atomic mass is 10.2. The molecule has 0 spiro atoms. The SMILES string of the molecule is O=C(Nc1ccccc1SC(F)(F)F)c1cc[nH]c(=O)c1. The number of aromatic nitrogens is 1. The normalized spacial score (nSPS) is 11.2. The summed E-state index contributed by atoms with van der Waals surface area (Å²) in [6.07, 6.45) is 1.29. The summed E-state index contributed by atoms with van der Waals surface area (Å²) in [6.45, 7) is 0. The maximum Gasteiger partial charge on any atom is 0.446 e. The van der Waals surface area contributed by atoms with Crippen LogP contribution in [0.25, 0.3) is 0 Å². The van der Waals surface area contributed by atoms with E-state index in [1.807, 2.05) is 0 Å². The molecule has 4 nitrogen and oxygen atoms in total. The predicted molar refractivity (Wildman–Crippen MR) is 73.4 cm³/mol. The van der Waals surface area contributed by atoms with Crippen molar-refractivity contribution >= 4 is 23.4 Å². The quantitative estimate of drug-likeness (QED) is 0.855. The molecule has 0 radical (unpaired) electrons. The van der Waals surface area contributed by atoms with Crippen LogP contribution < -0.4 is 10.9 Å². The van der Waals surface area contributed by atoms with Crippen molar-refractivity contribution in [1.29, 1.82) is 0 Å². The largest absolute Gasteiger partial charge is 0.446 e. The van der Waals surface area contributed by atoms with E-state index in [0.29, 0.717) is 0 Å². The van der Waals surface area contributed by atoms with Gasteiger partial charge in [-0.2, -0.15) is 13.2 Å². The van der Waals surface area contributed by atoms with E-state index in [2.05, 4.69) is 10.3 Å². The van der Waals surface area contributed by atoms with Crippen molar-refractivity contribution in [3.8, 4) is 0 Å². The first-order chi connectivity index (χ1) is 9.85. The van der Waals surface area contributed by atoms with Crippen LogP contribution in [0.15, 0.2) is 52.3 Å². The lowest BCUT2D eigenvalue weighted by molar-refractivity contribution is -0.0328. The molecule has 21 heavy (non-hydrogen) atoms. The number of carbonyl (C=O) groups excluding carboxylic acids is 1. The van der Waals surface area contributed by atoms with Gasteiger partial charge in [0.1, 0.15) is 0 Å². The van der Waals surface area contributed by atoms with Gasteiger partial charge in [0.05, 0.1) is 5.69 Å². The second-order valence-electron chi connectivity index (χ2n) is 3.94. The third-order valence-corrected chi connectivity index (χ3v) is 3.21. The number of nitrogens with one attached hydrogen (secondary N) is 2. The topological polar surface area (TPSA) is 62.0 Å². The fourth-order valence-corrected chi connectivity index (χ4v) is 2.19. The van der Waals surface area contributed by atoms with Gasteiger partial charge in [-0.05, 0) is 30.0 Å². The average Bonchev–Trinajstić information content (AvgIpc) is 2.39. The van der Waals surface area contributed by atoms with Crippen LogP contribution in [-0.4, -0.2) is 16.4 Å². The maximum absolute atomic E-state index is 12.4. The van der Waals surface area contributed by atoms with Gasteiger partial charge in [0.25, 0.3) is 5.91 Å². The molecule has 0 unspecified atom stereocenters. The number of thioether (sulfide) groups is 1. The molecule has 0 aliphatic rings. The summed E-state index contributed by atoms with van der Waals surface area (Å²) >= 11 is -0.315. The van der Waals surface area contributed by atoms with E-state index in [0.717, 1.165) is 6.07 Å². The van der Waals surface area contributed by atoms with Crippen molar-refractivity contribution in [3.05, 3.63) is 58.5 Å². The van der Waals surface area contributed by atoms with Crippen LogP contribution in [0.5, 0.6) is 0 Å². The first-order valence-corrected chi connectivity index (χ1v) is 6.52. The number of anilines is 1. The molecule has 1 heterocycles. The number of hydrogen-bond donors (Lipinski definition) is 2. The summed E-state index contributed by atoms with van der Waals surface area (Å²) in [5.74, 6) is -0.656. The molecule has 2 aromatic rings. The lowest BCUT2D eigenvalue weighted by Gasteiger charge is -2.12. The number of alkyl halides is 3. The van der Waals surface area contributed by atoms with Crippen LogP contribution >= 0.6 is 11.8 Å². The second-order valence-corrected chi connectivity index (χ2v) is 5.05. The Balaban J connectivity index is 2.23. The maximum atomic E-state index is 12.4.